The van der Waals surface area contributed by atoms with Gasteiger partial charge in [-0.1, -0.05) is 63.6 Å². The Balaban J connectivity index is 2.77. The number of hydrogen-bond acceptors (Lipinski definition) is 3. The summed E-state index contributed by atoms with van der Waals surface area (Å²) in [4.78, 5) is 0. The first-order valence-electron chi connectivity index (χ1n) is 10.1. The van der Waals surface area contributed by atoms with Crippen molar-refractivity contribution in [3.05, 3.63) is 35.4 Å². The van der Waals surface area contributed by atoms with Crippen LogP contribution in [0.15, 0.2) is 24.3 Å². The minimum atomic E-state index is -4.33. The highest BCUT2D eigenvalue weighted by Gasteiger charge is 2.39. The molecule has 3 nitrogen and oxygen atoms in total. The second-order valence-electron chi connectivity index (χ2n) is 7.21. The van der Waals surface area contributed by atoms with Crippen LogP contribution in [-0.2, 0) is 26.8 Å². The molecule has 0 aliphatic rings. The van der Waals surface area contributed by atoms with Crippen LogP contribution in [0.25, 0.3) is 0 Å². The van der Waals surface area contributed by atoms with Gasteiger partial charge in [-0.15, -0.1) is 0 Å². The summed E-state index contributed by atoms with van der Waals surface area (Å²) in [5.41, 5.74) is 0.0361. The fourth-order valence-corrected chi connectivity index (χ4v) is 3.66. The van der Waals surface area contributed by atoms with Crippen molar-refractivity contribution in [3.8, 4) is 0 Å². The summed E-state index contributed by atoms with van der Waals surface area (Å²) < 4.78 is 55.5. The highest BCUT2D eigenvalue weighted by Crippen LogP contribution is 2.34. The summed E-state index contributed by atoms with van der Waals surface area (Å²) in [7, 11) is 4.60. The molecule has 0 aliphatic heterocycles. The van der Waals surface area contributed by atoms with Crippen LogP contribution in [0.1, 0.15) is 69.4 Å². The largest absolute Gasteiger partial charge is 0.416 e. The maximum absolute atomic E-state index is 13.0. The molecular weight excluding hydrogens is 369 g/mol. The van der Waals surface area contributed by atoms with E-state index < -0.39 is 17.7 Å². The van der Waals surface area contributed by atoms with Crippen LogP contribution in [0.5, 0.6) is 0 Å². The third kappa shape index (κ3) is 7.72. The molecule has 0 N–H and O–H groups in total. The van der Waals surface area contributed by atoms with Crippen LogP contribution in [0.2, 0.25) is 0 Å². The third-order valence-corrected chi connectivity index (χ3v) is 5.30. The smallest absolute Gasteiger partial charge is 0.331 e. The van der Waals surface area contributed by atoms with Crippen molar-refractivity contribution in [2.24, 2.45) is 5.92 Å². The average molecular weight is 405 g/mol. The second kappa shape index (κ2) is 12.5. The Morgan fingerprint density at radius 1 is 0.857 bits per heavy atom. The van der Waals surface area contributed by atoms with E-state index in [-0.39, 0.29) is 5.92 Å². The maximum atomic E-state index is 13.0. The Labute approximate surface area is 167 Å². The molecule has 6 heteroatoms. The number of benzene rings is 1. The SMILES string of the molecule is CCCCCCCCC(CCc1cccc(C(F)(F)F)c1)C(OC)(OC)OC. The van der Waals surface area contributed by atoms with Gasteiger partial charge in [0.25, 0.3) is 5.97 Å². The Bertz CT molecular complexity index is 534. The van der Waals surface area contributed by atoms with E-state index in [1.165, 1.54) is 59.1 Å². The monoisotopic (exact) mass is 404 g/mol. The van der Waals surface area contributed by atoms with Gasteiger partial charge in [0.05, 0.1) is 5.56 Å². The standard InChI is InChI=1S/C22H35F3O3/c1-5-6-7-8-9-10-13-19(22(26-2,27-3)28-4)16-15-18-12-11-14-20(17-18)21(23,24)25/h11-12,14,17,19H,5-10,13,15-16H2,1-4H3. The molecule has 0 amide bonds. The number of hydrogen-bond donors (Lipinski definition) is 0. The molecule has 1 atom stereocenters. The zero-order valence-electron chi connectivity index (χ0n) is 17.6. The van der Waals surface area contributed by atoms with Crippen LogP contribution in [0, 0.1) is 5.92 Å². The molecule has 0 aromatic heterocycles. The van der Waals surface area contributed by atoms with Gasteiger partial charge in [-0.2, -0.15) is 13.2 Å². The van der Waals surface area contributed by atoms with Gasteiger partial charge in [-0.25, -0.2) is 0 Å². The summed E-state index contributed by atoms with van der Waals surface area (Å²) in [6, 6.07) is 5.50. The maximum Gasteiger partial charge on any atom is 0.416 e. The zero-order valence-corrected chi connectivity index (χ0v) is 17.6. The predicted octanol–water partition coefficient (Wildman–Crippen LogP) is 6.60. The fraction of sp³-hybridized carbons (Fsp3) is 0.727. The quantitative estimate of drug-likeness (QED) is 0.258. The minimum Gasteiger partial charge on any atom is -0.331 e. The summed E-state index contributed by atoms with van der Waals surface area (Å²) >= 11 is 0. The Morgan fingerprint density at radius 3 is 2.04 bits per heavy atom. The minimum absolute atomic E-state index is 0.0757. The van der Waals surface area contributed by atoms with E-state index in [0.717, 1.165) is 25.3 Å². The molecule has 0 heterocycles. The van der Waals surface area contributed by atoms with E-state index in [1.54, 1.807) is 6.07 Å². The first-order valence-corrected chi connectivity index (χ1v) is 10.1. The van der Waals surface area contributed by atoms with E-state index in [2.05, 4.69) is 6.92 Å². The van der Waals surface area contributed by atoms with E-state index in [9.17, 15) is 13.2 Å². The summed E-state index contributed by atoms with van der Waals surface area (Å²) in [6.07, 6.45) is 4.63. The molecule has 0 saturated heterocycles. The van der Waals surface area contributed by atoms with Crippen LogP contribution in [-0.4, -0.2) is 27.3 Å². The number of rotatable bonds is 14. The lowest BCUT2D eigenvalue weighted by atomic mass is 9.91. The van der Waals surface area contributed by atoms with Gasteiger partial charge in [-0.3, -0.25) is 0 Å². The van der Waals surface area contributed by atoms with Crippen LogP contribution in [0.4, 0.5) is 13.2 Å². The van der Waals surface area contributed by atoms with E-state index >= 15 is 0 Å². The molecule has 28 heavy (non-hydrogen) atoms. The Kier molecular flexibility index (Phi) is 11.1. The van der Waals surface area contributed by atoms with Crippen molar-refractivity contribution in [1.29, 1.82) is 0 Å². The number of ether oxygens (including phenoxy) is 3. The lowest BCUT2D eigenvalue weighted by Gasteiger charge is -2.36. The molecule has 1 rings (SSSR count). The molecule has 1 aromatic carbocycles. The predicted molar refractivity (Wildman–Crippen MR) is 105 cm³/mol. The lowest BCUT2D eigenvalue weighted by molar-refractivity contribution is -0.380. The van der Waals surface area contributed by atoms with Crippen molar-refractivity contribution in [2.75, 3.05) is 21.3 Å². The van der Waals surface area contributed by atoms with Crippen molar-refractivity contribution in [3.63, 3.8) is 0 Å². The summed E-state index contributed by atoms with van der Waals surface area (Å²) in [6.45, 7) is 2.19. The fourth-order valence-electron chi connectivity index (χ4n) is 3.66. The molecule has 0 aliphatic carbocycles. The molecule has 1 unspecified atom stereocenters. The van der Waals surface area contributed by atoms with Gasteiger partial charge in [-0.05, 0) is 30.9 Å². The van der Waals surface area contributed by atoms with E-state index in [1.807, 2.05) is 0 Å². The average Bonchev–Trinajstić information content (AvgIpc) is 2.69. The summed E-state index contributed by atoms with van der Waals surface area (Å²) in [5, 5.41) is 0. The zero-order chi connectivity index (χ0) is 21.0. The number of methoxy groups -OCH3 is 3. The normalized spacial score (nSPS) is 13.7. The number of halogens is 3. The Hall–Kier alpha value is -1.11. The van der Waals surface area contributed by atoms with Gasteiger partial charge < -0.3 is 14.2 Å². The number of unbranched alkanes of at least 4 members (excludes halogenated alkanes) is 5. The van der Waals surface area contributed by atoms with Crippen molar-refractivity contribution in [2.45, 2.75) is 76.9 Å². The third-order valence-electron chi connectivity index (χ3n) is 5.30. The first kappa shape index (κ1) is 24.9. The molecule has 0 spiro atoms. The molecule has 0 saturated carbocycles. The highest BCUT2D eigenvalue weighted by molar-refractivity contribution is 5.25. The number of alkyl halides is 3. The van der Waals surface area contributed by atoms with Gasteiger partial charge in [0.2, 0.25) is 0 Å². The van der Waals surface area contributed by atoms with E-state index in [0.29, 0.717) is 18.4 Å². The van der Waals surface area contributed by atoms with Crippen LogP contribution >= 0.6 is 0 Å². The van der Waals surface area contributed by atoms with Gasteiger partial charge in [0, 0.05) is 27.2 Å². The molecule has 0 fully saturated rings. The van der Waals surface area contributed by atoms with Crippen molar-refractivity contribution < 1.29 is 27.4 Å². The topological polar surface area (TPSA) is 27.7 Å². The lowest BCUT2D eigenvalue weighted by Crippen LogP contribution is -2.44. The summed E-state index contributed by atoms with van der Waals surface area (Å²) in [5.74, 6) is -1.25. The van der Waals surface area contributed by atoms with E-state index in [4.69, 9.17) is 14.2 Å². The second-order valence-corrected chi connectivity index (χ2v) is 7.21. The van der Waals surface area contributed by atoms with Gasteiger partial charge >= 0.3 is 6.18 Å². The molecule has 162 valence electrons. The molecule has 0 radical (unpaired) electrons. The molecule has 1 aromatic rings. The van der Waals surface area contributed by atoms with Crippen molar-refractivity contribution in [1.82, 2.24) is 0 Å². The van der Waals surface area contributed by atoms with Gasteiger partial charge in [0.1, 0.15) is 0 Å². The van der Waals surface area contributed by atoms with Crippen LogP contribution < -0.4 is 0 Å². The Morgan fingerprint density at radius 2 is 1.46 bits per heavy atom. The number of aryl methyl sites for hydroxylation is 1. The van der Waals surface area contributed by atoms with Crippen LogP contribution in [0.3, 0.4) is 0 Å². The highest BCUT2D eigenvalue weighted by atomic mass is 19.4. The molecular formula is C22H35F3O3. The van der Waals surface area contributed by atoms with Gasteiger partial charge in [0.15, 0.2) is 0 Å². The first-order chi connectivity index (χ1) is 13.3. The molecule has 0 bridgehead atoms. The van der Waals surface area contributed by atoms with Crippen molar-refractivity contribution >= 4 is 0 Å².